The van der Waals surface area contributed by atoms with Gasteiger partial charge in [0.25, 0.3) is 0 Å². The van der Waals surface area contributed by atoms with Crippen LogP contribution in [0.2, 0.25) is 0 Å². The Morgan fingerprint density at radius 1 is 0.829 bits per heavy atom. The number of amides is 1. The molecule has 2 aromatic carbocycles. The Morgan fingerprint density at radius 2 is 1.37 bits per heavy atom. The van der Waals surface area contributed by atoms with E-state index in [4.69, 9.17) is 0 Å². The molecule has 0 aromatic heterocycles. The fourth-order valence-electron chi connectivity index (χ4n) is 4.61. The van der Waals surface area contributed by atoms with E-state index >= 15 is 0 Å². The zero-order valence-corrected chi connectivity index (χ0v) is 21.7. The minimum absolute atomic E-state index is 0.151. The first kappa shape index (κ1) is 25.8. The van der Waals surface area contributed by atoms with Gasteiger partial charge in [-0.2, -0.15) is 8.61 Å². The van der Waals surface area contributed by atoms with Gasteiger partial charge < -0.3 is 5.32 Å². The maximum atomic E-state index is 13.0. The number of carbonyl (C=O) groups excluding carboxylic acids is 1. The Kier molecular flexibility index (Phi) is 7.95. The third kappa shape index (κ3) is 5.94. The first-order valence-corrected chi connectivity index (χ1v) is 15.0. The lowest BCUT2D eigenvalue weighted by atomic mass is 9.99. The number of aryl methyl sites for hydroxylation is 1. The number of hydrogen-bond donors (Lipinski definition) is 1. The summed E-state index contributed by atoms with van der Waals surface area (Å²) in [5, 5.41) is 2.92. The van der Waals surface area contributed by atoms with Crippen LogP contribution in [0.25, 0.3) is 0 Å². The van der Waals surface area contributed by atoms with Crippen molar-refractivity contribution in [1.29, 1.82) is 0 Å². The predicted molar refractivity (Wildman–Crippen MR) is 134 cm³/mol. The molecule has 2 aromatic rings. The summed E-state index contributed by atoms with van der Waals surface area (Å²) in [7, 11) is -7.06. The van der Waals surface area contributed by atoms with Gasteiger partial charge in [0.05, 0.1) is 15.7 Å². The molecule has 1 atom stereocenters. The summed E-state index contributed by atoms with van der Waals surface area (Å²) in [6.07, 6.45) is 3.64. The van der Waals surface area contributed by atoms with Crippen molar-refractivity contribution in [2.75, 3.05) is 32.7 Å². The lowest BCUT2D eigenvalue weighted by Crippen LogP contribution is -2.45. The highest BCUT2D eigenvalue weighted by Crippen LogP contribution is 2.24. The summed E-state index contributed by atoms with van der Waals surface area (Å²) in [6, 6.07) is 13.6. The van der Waals surface area contributed by atoms with Gasteiger partial charge in [0.15, 0.2) is 0 Å². The van der Waals surface area contributed by atoms with Crippen LogP contribution in [-0.2, 0) is 31.3 Å². The second kappa shape index (κ2) is 10.8. The summed E-state index contributed by atoms with van der Waals surface area (Å²) in [4.78, 5) is 13.3. The van der Waals surface area contributed by atoms with E-state index in [-0.39, 0.29) is 17.3 Å². The molecule has 0 radical (unpaired) electrons. The van der Waals surface area contributed by atoms with Gasteiger partial charge >= 0.3 is 0 Å². The van der Waals surface area contributed by atoms with Gasteiger partial charge in [-0.3, -0.25) is 4.79 Å². The Bertz CT molecular complexity index is 1240. The second-order valence-corrected chi connectivity index (χ2v) is 13.2. The molecular weight excluding hydrogens is 486 g/mol. The molecule has 10 heteroatoms. The first-order valence-electron chi connectivity index (χ1n) is 12.1. The quantitative estimate of drug-likeness (QED) is 0.577. The standard InChI is InChI=1S/C25H33N3O5S2/c1-20-6-10-23(11-7-20)35(32,33)28-18-4-5-22(19-28)25(29)26-15-14-21-8-12-24(13-9-21)34(30,31)27-16-2-3-17-27/h6-13,22H,2-5,14-19H2,1H3,(H,26,29)/t22-/m0/s1. The average molecular weight is 520 g/mol. The van der Waals surface area contributed by atoms with E-state index in [9.17, 15) is 21.6 Å². The van der Waals surface area contributed by atoms with Crippen molar-refractivity contribution in [3.8, 4) is 0 Å². The van der Waals surface area contributed by atoms with Crippen LogP contribution in [0.15, 0.2) is 58.3 Å². The van der Waals surface area contributed by atoms with Crippen LogP contribution < -0.4 is 5.32 Å². The van der Waals surface area contributed by atoms with E-state index in [1.54, 1.807) is 48.5 Å². The summed E-state index contributed by atoms with van der Waals surface area (Å²) >= 11 is 0. The summed E-state index contributed by atoms with van der Waals surface area (Å²) in [6.45, 7) is 4.03. The minimum Gasteiger partial charge on any atom is -0.355 e. The van der Waals surface area contributed by atoms with Crippen LogP contribution >= 0.6 is 0 Å². The zero-order valence-electron chi connectivity index (χ0n) is 20.0. The number of nitrogens with one attached hydrogen (secondary N) is 1. The molecular formula is C25H33N3O5S2. The molecule has 0 bridgehead atoms. The number of sulfonamides is 2. The third-order valence-corrected chi connectivity index (χ3v) is 10.5. The molecule has 2 aliphatic rings. The number of benzene rings is 2. The van der Waals surface area contributed by atoms with Crippen LogP contribution in [0.3, 0.4) is 0 Å². The Labute approximate surface area is 208 Å². The van der Waals surface area contributed by atoms with Crippen LogP contribution in [0.4, 0.5) is 0 Å². The molecule has 0 aliphatic carbocycles. The van der Waals surface area contributed by atoms with Gasteiger partial charge in [-0.15, -0.1) is 0 Å². The van der Waals surface area contributed by atoms with Gasteiger partial charge in [0, 0.05) is 32.7 Å². The SMILES string of the molecule is Cc1ccc(S(=O)(=O)N2CCC[C@H](C(=O)NCCc3ccc(S(=O)(=O)N4CCCC4)cc3)C2)cc1. The molecule has 2 saturated heterocycles. The summed E-state index contributed by atoms with van der Waals surface area (Å²) in [5.41, 5.74) is 1.92. The lowest BCUT2D eigenvalue weighted by molar-refractivity contribution is -0.126. The van der Waals surface area contributed by atoms with E-state index in [1.807, 2.05) is 6.92 Å². The third-order valence-electron chi connectivity index (χ3n) is 6.75. The topological polar surface area (TPSA) is 104 Å². The predicted octanol–water partition coefficient (Wildman–Crippen LogP) is 2.54. The molecule has 1 amide bonds. The van der Waals surface area contributed by atoms with Gasteiger partial charge in [-0.05, 0) is 68.9 Å². The van der Waals surface area contributed by atoms with Crippen LogP contribution in [-0.4, -0.2) is 64.1 Å². The van der Waals surface area contributed by atoms with E-state index < -0.39 is 26.0 Å². The van der Waals surface area contributed by atoms with Gasteiger partial charge in [0.1, 0.15) is 0 Å². The smallest absolute Gasteiger partial charge is 0.243 e. The fourth-order valence-corrected chi connectivity index (χ4v) is 7.65. The normalized spacial score (nSPS) is 20.1. The molecule has 2 aliphatic heterocycles. The molecule has 1 N–H and O–H groups in total. The highest BCUT2D eigenvalue weighted by molar-refractivity contribution is 7.89. The van der Waals surface area contributed by atoms with Crippen molar-refractivity contribution in [3.63, 3.8) is 0 Å². The highest BCUT2D eigenvalue weighted by Gasteiger charge is 2.33. The van der Waals surface area contributed by atoms with Gasteiger partial charge in [-0.1, -0.05) is 29.8 Å². The maximum absolute atomic E-state index is 13.0. The zero-order chi connectivity index (χ0) is 25.1. The van der Waals surface area contributed by atoms with Crippen molar-refractivity contribution < 1.29 is 21.6 Å². The molecule has 4 rings (SSSR count). The van der Waals surface area contributed by atoms with E-state index in [0.29, 0.717) is 50.3 Å². The first-order chi connectivity index (χ1) is 16.7. The molecule has 2 heterocycles. The molecule has 35 heavy (non-hydrogen) atoms. The van der Waals surface area contributed by atoms with Gasteiger partial charge in [-0.25, -0.2) is 16.8 Å². The average Bonchev–Trinajstić information content (AvgIpc) is 3.41. The number of rotatable bonds is 8. The number of piperidine rings is 1. The molecule has 2 fully saturated rings. The van der Waals surface area contributed by atoms with Crippen molar-refractivity contribution in [3.05, 3.63) is 59.7 Å². The van der Waals surface area contributed by atoms with Crippen LogP contribution in [0, 0.1) is 12.8 Å². The molecule has 0 unspecified atom stereocenters. The van der Waals surface area contributed by atoms with Crippen LogP contribution in [0.1, 0.15) is 36.8 Å². The number of hydrogen-bond acceptors (Lipinski definition) is 5. The largest absolute Gasteiger partial charge is 0.355 e. The highest BCUT2D eigenvalue weighted by atomic mass is 32.2. The molecule has 0 saturated carbocycles. The Balaban J connectivity index is 1.29. The minimum atomic E-state index is -3.63. The molecule has 8 nitrogen and oxygen atoms in total. The Morgan fingerprint density at radius 3 is 2.00 bits per heavy atom. The van der Waals surface area contributed by atoms with E-state index in [0.717, 1.165) is 24.0 Å². The number of carbonyl (C=O) groups is 1. The maximum Gasteiger partial charge on any atom is 0.243 e. The van der Waals surface area contributed by atoms with E-state index in [1.165, 1.54) is 8.61 Å². The molecule has 0 spiro atoms. The van der Waals surface area contributed by atoms with Crippen molar-refractivity contribution in [2.45, 2.75) is 48.8 Å². The lowest BCUT2D eigenvalue weighted by Gasteiger charge is -2.31. The summed E-state index contributed by atoms with van der Waals surface area (Å²) in [5.74, 6) is -0.543. The van der Waals surface area contributed by atoms with Crippen LogP contribution in [0.5, 0.6) is 0 Å². The van der Waals surface area contributed by atoms with Gasteiger partial charge in [0.2, 0.25) is 26.0 Å². The van der Waals surface area contributed by atoms with Crippen molar-refractivity contribution in [1.82, 2.24) is 13.9 Å². The number of nitrogens with zero attached hydrogens (tertiary/aromatic N) is 2. The van der Waals surface area contributed by atoms with Crippen molar-refractivity contribution in [2.24, 2.45) is 5.92 Å². The summed E-state index contributed by atoms with van der Waals surface area (Å²) < 4.78 is 54.2. The fraction of sp³-hybridized carbons (Fsp3) is 0.480. The van der Waals surface area contributed by atoms with Crippen molar-refractivity contribution >= 4 is 26.0 Å². The van der Waals surface area contributed by atoms with E-state index in [2.05, 4.69) is 5.32 Å². The second-order valence-electron chi connectivity index (χ2n) is 9.31. The monoisotopic (exact) mass is 519 g/mol. The molecule has 190 valence electrons. The Hall–Kier alpha value is -2.27.